The summed E-state index contributed by atoms with van der Waals surface area (Å²) in [6.07, 6.45) is -0.286. The van der Waals surface area contributed by atoms with Gasteiger partial charge in [-0.05, 0) is 38.2 Å². The van der Waals surface area contributed by atoms with Gasteiger partial charge in [-0.25, -0.2) is 4.79 Å². The fourth-order valence-corrected chi connectivity index (χ4v) is 3.21. The zero-order valence-electron chi connectivity index (χ0n) is 20.6. The van der Waals surface area contributed by atoms with Crippen LogP contribution in [-0.4, -0.2) is 76.5 Å². The molecular formula is C23H35N7O7. The van der Waals surface area contributed by atoms with Gasteiger partial charge in [-0.2, -0.15) is 0 Å². The van der Waals surface area contributed by atoms with E-state index in [1.165, 1.54) is 6.92 Å². The Morgan fingerprint density at radius 3 is 2.08 bits per heavy atom. The van der Waals surface area contributed by atoms with Crippen molar-refractivity contribution in [2.45, 2.75) is 63.2 Å². The predicted octanol–water partition coefficient (Wildman–Crippen LogP) is -1.97. The molecule has 4 atom stereocenters. The zero-order valence-corrected chi connectivity index (χ0v) is 20.6. The maximum absolute atomic E-state index is 12.8. The summed E-state index contributed by atoms with van der Waals surface area (Å²) >= 11 is 0. The van der Waals surface area contributed by atoms with Gasteiger partial charge in [0.1, 0.15) is 18.1 Å². The molecule has 0 aliphatic heterocycles. The number of nitrogens with zero attached hydrogens (tertiary/aromatic N) is 1. The summed E-state index contributed by atoms with van der Waals surface area (Å²) in [7, 11) is 0. The summed E-state index contributed by atoms with van der Waals surface area (Å²) < 4.78 is 0. The van der Waals surface area contributed by atoms with E-state index < -0.39 is 60.2 Å². The molecule has 1 aromatic rings. The molecular weight excluding hydrogens is 486 g/mol. The van der Waals surface area contributed by atoms with Gasteiger partial charge in [-0.15, -0.1) is 0 Å². The molecule has 37 heavy (non-hydrogen) atoms. The average Bonchev–Trinajstić information content (AvgIpc) is 2.83. The molecule has 0 aromatic heterocycles. The molecule has 3 amide bonds. The van der Waals surface area contributed by atoms with Gasteiger partial charge in [0.25, 0.3) is 0 Å². The second-order valence-corrected chi connectivity index (χ2v) is 8.37. The smallest absolute Gasteiger partial charge is 0.326 e. The molecule has 4 unspecified atom stereocenters. The van der Waals surface area contributed by atoms with E-state index >= 15 is 0 Å². The third kappa shape index (κ3) is 12.4. The highest BCUT2D eigenvalue weighted by Crippen LogP contribution is 2.05. The van der Waals surface area contributed by atoms with Crippen LogP contribution >= 0.6 is 0 Å². The second-order valence-electron chi connectivity index (χ2n) is 8.37. The highest BCUT2D eigenvalue weighted by Gasteiger charge is 2.29. The summed E-state index contributed by atoms with van der Waals surface area (Å²) in [5.41, 5.74) is 17.4. The van der Waals surface area contributed by atoms with Crippen LogP contribution in [0.2, 0.25) is 0 Å². The van der Waals surface area contributed by atoms with Gasteiger partial charge >= 0.3 is 11.9 Å². The minimum Gasteiger partial charge on any atom is -0.481 e. The van der Waals surface area contributed by atoms with Gasteiger partial charge in [0.2, 0.25) is 17.7 Å². The van der Waals surface area contributed by atoms with E-state index in [0.29, 0.717) is 0 Å². The Kier molecular flexibility index (Phi) is 13.1. The molecule has 0 bridgehead atoms. The molecule has 1 rings (SSSR count). The van der Waals surface area contributed by atoms with E-state index in [2.05, 4.69) is 20.9 Å². The Bertz CT molecular complexity index is 967. The van der Waals surface area contributed by atoms with Crippen LogP contribution in [0.5, 0.6) is 0 Å². The van der Waals surface area contributed by atoms with Gasteiger partial charge in [-0.3, -0.25) is 24.2 Å². The fourth-order valence-electron chi connectivity index (χ4n) is 3.21. The van der Waals surface area contributed by atoms with Crippen molar-refractivity contribution in [3.63, 3.8) is 0 Å². The number of guanidine groups is 1. The fraction of sp³-hybridized carbons (Fsp3) is 0.478. The highest BCUT2D eigenvalue weighted by molar-refractivity contribution is 5.94. The summed E-state index contributed by atoms with van der Waals surface area (Å²) in [5.74, 6) is -4.92. The molecule has 0 saturated heterocycles. The largest absolute Gasteiger partial charge is 0.481 e. The second kappa shape index (κ2) is 15.7. The lowest BCUT2D eigenvalue weighted by Gasteiger charge is -2.23. The third-order valence-electron chi connectivity index (χ3n) is 5.23. The Hall–Kier alpha value is -4.20. The minimum atomic E-state index is -1.48. The van der Waals surface area contributed by atoms with E-state index in [-0.39, 0.29) is 38.2 Å². The van der Waals surface area contributed by atoms with Gasteiger partial charge < -0.3 is 43.4 Å². The van der Waals surface area contributed by atoms with Crippen LogP contribution in [0.4, 0.5) is 0 Å². The summed E-state index contributed by atoms with van der Waals surface area (Å²) in [6.45, 7) is 1.55. The Labute approximate surface area is 214 Å². The van der Waals surface area contributed by atoms with Crippen LogP contribution in [0.15, 0.2) is 35.3 Å². The van der Waals surface area contributed by atoms with Gasteiger partial charge in [-0.1, -0.05) is 30.3 Å². The number of benzene rings is 1. The van der Waals surface area contributed by atoms with Gasteiger partial charge in [0.15, 0.2) is 5.96 Å². The number of carboxylic acid groups (broad SMARTS) is 2. The quantitative estimate of drug-likeness (QED) is 0.0676. The number of carboxylic acids is 2. The standard InChI is InChI=1S/C23H35N7O7/c1-13(28-20(34)15(24)12-14-6-3-2-4-7-14)19(33)29-16(8-5-11-27-23(25)26)21(35)30-17(22(36)37)9-10-18(31)32/h2-4,6-7,13,15-17H,5,8-12,24H2,1H3,(H,28,34)(H,29,33)(H,30,35)(H,31,32)(H,36,37)(H4,25,26,27). The van der Waals surface area contributed by atoms with Crippen molar-refractivity contribution < 1.29 is 34.2 Å². The predicted molar refractivity (Wildman–Crippen MR) is 134 cm³/mol. The SMILES string of the molecule is CC(NC(=O)C(N)Cc1ccccc1)C(=O)NC(CCCN=C(N)N)C(=O)NC(CCC(=O)O)C(=O)O. The molecule has 204 valence electrons. The van der Waals surface area contributed by atoms with E-state index in [0.717, 1.165) is 5.56 Å². The Morgan fingerprint density at radius 2 is 1.51 bits per heavy atom. The lowest BCUT2D eigenvalue weighted by atomic mass is 10.1. The van der Waals surface area contributed by atoms with Crippen LogP contribution in [0, 0.1) is 0 Å². The van der Waals surface area contributed by atoms with Crippen molar-refractivity contribution >= 4 is 35.6 Å². The number of aliphatic imine (C=N–C) groups is 1. The summed E-state index contributed by atoms with van der Waals surface area (Å²) in [5, 5.41) is 25.3. The average molecular weight is 522 g/mol. The third-order valence-corrected chi connectivity index (χ3v) is 5.23. The molecule has 0 heterocycles. The number of nitrogens with two attached hydrogens (primary N) is 3. The number of nitrogens with one attached hydrogen (secondary N) is 3. The zero-order chi connectivity index (χ0) is 28.0. The van der Waals surface area contributed by atoms with Crippen LogP contribution in [0.1, 0.15) is 38.2 Å². The van der Waals surface area contributed by atoms with Crippen molar-refractivity contribution in [3.8, 4) is 0 Å². The Balaban J connectivity index is 2.82. The molecule has 0 aliphatic rings. The lowest BCUT2D eigenvalue weighted by molar-refractivity contribution is -0.143. The molecule has 0 saturated carbocycles. The molecule has 0 fully saturated rings. The van der Waals surface area contributed by atoms with Crippen molar-refractivity contribution in [3.05, 3.63) is 35.9 Å². The van der Waals surface area contributed by atoms with E-state index in [4.69, 9.17) is 22.3 Å². The molecule has 0 spiro atoms. The summed E-state index contributed by atoms with van der Waals surface area (Å²) in [6, 6.07) is 4.42. The van der Waals surface area contributed by atoms with Crippen molar-refractivity contribution in [2.75, 3.05) is 6.54 Å². The minimum absolute atomic E-state index is 0.0355. The van der Waals surface area contributed by atoms with Crippen molar-refractivity contribution in [1.29, 1.82) is 0 Å². The number of carbonyl (C=O) groups is 5. The number of rotatable bonds is 16. The molecule has 14 heteroatoms. The van der Waals surface area contributed by atoms with E-state index in [9.17, 15) is 29.1 Å². The van der Waals surface area contributed by atoms with Gasteiger partial charge in [0, 0.05) is 13.0 Å². The highest BCUT2D eigenvalue weighted by atomic mass is 16.4. The maximum Gasteiger partial charge on any atom is 0.326 e. The number of carbonyl (C=O) groups excluding carboxylic acids is 3. The summed E-state index contributed by atoms with van der Waals surface area (Å²) in [4.78, 5) is 64.0. The first-order chi connectivity index (χ1) is 17.4. The monoisotopic (exact) mass is 521 g/mol. The van der Waals surface area contributed by atoms with Crippen LogP contribution in [0.25, 0.3) is 0 Å². The Morgan fingerprint density at radius 1 is 0.892 bits per heavy atom. The topological polar surface area (TPSA) is 252 Å². The van der Waals surface area contributed by atoms with Crippen LogP contribution in [-0.2, 0) is 30.4 Å². The molecule has 11 N–H and O–H groups in total. The number of aliphatic carboxylic acids is 2. The molecule has 1 aromatic carbocycles. The van der Waals surface area contributed by atoms with Gasteiger partial charge in [0.05, 0.1) is 6.04 Å². The molecule has 0 aliphatic carbocycles. The maximum atomic E-state index is 12.8. The number of hydrogen-bond acceptors (Lipinski definition) is 7. The van der Waals surface area contributed by atoms with Crippen molar-refractivity contribution in [2.24, 2.45) is 22.2 Å². The number of amides is 3. The lowest BCUT2D eigenvalue weighted by Crippen LogP contribution is -2.56. The first-order valence-electron chi connectivity index (χ1n) is 11.6. The van der Waals surface area contributed by atoms with Crippen molar-refractivity contribution in [1.82, 2.24) is 16.0 Å². The van der Waals surface area contributed by atoms with E-state index in [1.807, 2.05) is 30.3 Å². The first kappa shape index (κ1) is 30.8. The van der Waals surface area contributed by atoms with E-state index in [1.54, 1.807) is 0 Å². The normalized spacial score (nSPS) is 13.8. The molecule has 14 nitrogen and oxygen atoms in total. The van der Waals surface area contributed by atoms with Crippen LogP contribution in [0.3, 0.4) is 0 Å². The van der Waals surface area contributed by atoms with Crippen LogP contribution < -0.4 is 33.2 Å². The number of hydrogen-bond donors (Lipinski definition) is 8. The first-order valence-corrected chi connectivity index (χ1v) is 11.6. The molecule has 0 radical (unpaired) electrons.